The number of hydrogen-bond acceptors (Lipinski definition) is 4. The Hall–Kier alpha value is -3.03. The van der Waals surface area contributed by atoms with E-state index in [2.05, 4.69) is 15.3 Å². The second-order valence-corrected chi connectivity index (χ2v) is 6.24. The zero-order valence-electron chi connectivity index (χ0n) is 14.2. The van der Waals surface area contributed by atoms with Crippen LogP contribution in [-0.2, 0) is 11.8 Å². The molecule has 0 aromatic carbocycles. The predicted molar refractivity (Wildman–Crippen MR) is 92.1 cm³/mol. The van der Waals surface area contributed by atoms with Crippen LogP contribution in [0.4, 0.5) is 14.6 Å². The van der Waals surface area contributed by atoms with E-state index in [1.54, 1.807) is 29.9 Å². The standard InChI is InChI=1S/C18H16F2N4O2/c1-24-13(16-11(19)3-4-21-18(16)26-2)5-9-6-15(22-8-14(9)24)23-17(25)10-7-12(10)20/h3-6,8,10,12H,7H2,1-2H3,(H,22,23,25). The minimum absolute atomic E-state index is 0.181. The molecule has 1 aliphatic carbocycles. The molecule has 1 aliphatic rings. The second-order valence-electron chi connectivity index (χ2n) is 6.24. The van der Waals surface area contributed by atoms with E-state index in [0.29, 0.717) is 11.5 Å². The van der Waals surface area contributed by atoms with Gasteiger partial charge in [0.1, 0.15) is 17.8 Å². The Morgan fingerprint density at radius 2 is 2.15 bits per heavy atom. The van der Waals surface area contributed by atoms with Crippen LogP contribution in [0.5, 0.6) is 5.88 Å². The second kappa shape index (κ2) is 6.05. The first-order valence-corrected chi connectivity index (χ1v) is 8.09. The van der Waals surface area contributed by atoms with E-state index in [0.717, 1.165) is 10.9 Å². The normalized spacial score (nSPS) is 18.8. The number of amides is 1. The molecule has 3 aromatic heterocycles. The van der Waals surface area contributed by atoms with Gasteiger partial charge in [-0.2, -0.15) is 0 Å². The third-order valence-corrected chi connectivity index (χ3v) is 4.54. The van der Waals surface area contributed by atoms with Crippen molar-refractivity contribution in [3.05, 3.63) is 36.4 Å². The molecule has 1 saturated carbocycles. The fourth-order valence-corrected chi connectivity index (χ4v) is 3.00. The average molecular weight is 358 g/mol. The summed E-state index contributed by atoms with van der Waals surface area (Å²) in [5.74, 6) is -0.905. The highest BCUT2D eigenvalue weighted by molar-refractivity contribution is 5.96. The van der Waals surface area contributed by atoms with Gasteiger partial charge in [-0.3, -0.25) is 4.79 Å². The van der Waals surface area contributed by atoms with E-state index in [1.165, 1.54) is 19.4 Å². The largest absolute Gasteiger partial charge is 0.480 e. The maximum atomic E-state index is 14.4. The van der Waals surface area contributed by atoms with Crippen LogP contribution >= 0.6 is 0 Å². The summed E-state index contributed by atoms with van der Waals surface area (Å²) in [7, 11) is 3.21. The van der Waals surface area contributed by atoms with Crippen molar-refractivity contribution in [3.63, 3.8) is 0 Å². The number of carbonyl (C=O) groups excluding carboxylic acids is 1. The Morgan fingerprint density at radius 1 is 1.38 bits per heavy atom. The average Bonchev–Trinajstić information content (AvgIpc) is 3.28. The molecule has 134 valence electrons. The first-order chi connectivity index (χ1) is 12.5. The highest BCUT2D eigenvalue weighted by atomic mass is 19.1. The number of ether oxygens (including phenoxy) is 1. The molecule has 2 unspecified atom stereocenters. The molecule has 0 saturated heterocycles. The molecule has 0 spiro atoms. The lowest BCUT2D eigenvalue weighted by Gasteiger charge is -2.09. The molecule has 3 aromatic rings. The first-order valence-electron chi connectivity index (χ1n) is 8.09. The summed E-state index contributed by atoms with van der Waals surface area (Å²) in [6, 6.07) is 4.71. The number of aromatic nitrogens is 3. The molecule has 0 bridgehead atoms. The van der Waals surface area contributed by atoms with E-state index in [1.807, 2.05) is 0 Å². The van der Waals surface area contributed by atoms with Crippen LogP contribution in [0.3, 0.4) is 0 Å². The van der Waals surface area contributed by atoms with Crippen LogP contribution in [0.1, 0.15) is 6.42 Å². The van der Waals surface area contributed by atoms with Gasteiger partial charge in [0.2, 0.25) is 11.8 Å². The van der Waals surface area contributed by atoms with Crippen LogP contribution in [-0.4, -0.2) is 33.7 Å². The van der Waals surface area contributed by atoms with Crippen molar-refractivity contribution in [3.8, 4) is 17.1 Å². The van der Waals surface area contributed by atoms with Crippen molar-refractivity contribution < 1.29 is 18.3 Å². The number of anilines is 1. The molecule has 6 nitrogen and oxygen atoms in total. The fraction of sp³-hybridized carbons (Fsp3) is 0.278. The van der Waals surface area contributed by atoms with Crippen molar-refractivity contribution in [2.75, 3.05) is 12.4 Å². The van der Waals surface area contributed by atoms with Gasteiger partial charge in [0.15, 0.2) is 0 Å². The number of alkyl halides is 1. The minimum Gasteiger partial charge on any atom is -0.480 e. The Labute approximate surface area is 147 Å². The number of pyridine rings is 2. The summed E-state index contributed by atoms with van der Waals surface area (Å²) in [6.45, 7) is 0. The van der Waals surface area contributed by atoms with E-state index in [4.69, 9.17) is 4.74 Å². The number of methoxy groups -OCH3 is 1. The van der Waals surface area contributed by atoms with Gasteiger partial charge in [0.05, 0.1) is 36.0 Å². The lowest BCUT2D eigenvalue weighted by molar-refractivity contribution is -0.117. The highest BCUT2D eigenvalue weighted by Gasteiger charge is 2.43. The molecule has 8 heteroatoms. The van der Waals surface area contributed by atoms with Gasteiger partial charge >= 0.3 is 0 Å². The van der Waals surface area contributed by atoms with Gasteiger partial charge in [0.25, 0.3) is 0 Å². The Balaban J connectivity index is 1.74. The monoisotopic (exact) mass is 358 g/mol. The molecule has 4 rings (SSSR count). The SMILES string of the molecule is COc1nccc(F)c1-c1cc2cc(NC(=O)C3CC3F)ncc2n1C. The summed E-state index contributed by atoms with van der Waals surface area (Å²) in [6.07, 6.45) is 2.10. The summed E-state index contributed by atoms with van der Waals surface area (Å²) in [5, 5.41) is 3.37. The van der Waals surface area contributed by atoms with Gasteiger partial charge in [-0.15, -0.1) is 0 Å². The van der Waals surface area contributed by atoms with Gasteiger partial charge in [-0.05, 0) is 24.6 Å². The highest BCUT2D eigenvalue weighted by Crippen LogP contribution is 2.36. The Bertz CT molecular complexity index is 1020. The molecule has 0 radical (unpaired) electrons. The third kappa shape index (κ3) is 2.67. The van der Waals surface area contributed by atoms with Crippen LogP contribution in [0.2, 0.25) is 0 Å². The van der Waals surface area contributed by atoms with Crippen LogP contribution in [0, 0.1) is 11.7 Å². The van der Waals surface area contributed by atoms with Gasteiger partial charge in [-0.25, -0.2) is 18.7 Å². The number of nitrogens with zero attached hydrogens (tertiary/aromatic N) is 3. The summed E-state index contributed by atoms with van der Waals surface area (Å²) in [5.41, 5.74) is 1.56. The first kappa shape index (κ1) is 16.4. The van der Waals surface area contributed by atoms with E-state index >= 15 is 0 Å². The summed E-state index contributed by atoms with van der Waals surface area (Å²) in [4.78, 5) is 20.1. The van der Waals surface area contributed by atoms with Crippen molar-refractivity contribution in [2.24, 2.45) is 13.0 Å². The molecule has 0 aliphatic heterocycles. The van der Waals surface area contributed by atoms with Crippen molar-refractivity contribution in [2.45, 2.75) is 12.6 Å². The molecular weight excluding hydrogens is 342 g/mol. The maximum Gasteiger partial charge on any atom is 0.231 e. The Kier molecular flexibility index (Phi) is 3.82. The number of aryl methyl sites for hydroxylation is 1. The molecule has 2 atom stereocenters. The van der Waals surface area contributed by atoms with Crippen molar-refractivity contribution in [1.29, 1.82) is 0 Å². The number of halogens is 2. The lowest BCUT2D eigenvalue weighted by atomic mass is 10.2. The fourth-order valence-electron chi connectivity index (χ4n) is 3.00. The van der Waals surface area contributed by atoms with E-state index in [-0.39, 0.29) is 23.8 Å². The lowest BCUT2D eigenvalue weighted by Crippen LogP contribution is -2.15. The van der Waals surface area contributed by atoms with Gasteiger partial charge in [-0.1, -0.05) is 0 Å². The van der Waals surface area contributed by atoms with E-state index < -0.39 is 17.9 Å². The predicted octanol–water partition coefficient (Wildman–Crippen LogP) is 3.08. The Morgan fingerprint density at radius 3 is 2.85 bits per heavy atom. The molecule has 1 N–H and O–H groups in total. The smallest absolute Gasteiger partial charge is 0.231 e. The summed E-state index contributed by atoms with van der Waals surface area (Å²) < 4.78 is 34.3. The zero-order chi connectivity index (χ0) is 18.4. The van der Waals surface area contributed by atoms with Crippen LogP contribution in [0.15, 0.2) is 30.6 Å². The molecule has 1 fully saturated rings. The summed E-state index contributed by atoms with van der Waals surface area (Å²) >= 11 is 0. The number of rotatable bonds is 4. The molecule has 3 heterocycles. The van der Waals surface area contributed by atoms with Gasteiger partial charge < -0.3 is 14.6 Å². The molecular formula is C18H16F2N4O2. The topological polar surface area (TPSA) is 69.0 Å². The number of nitrogens with one attached hydrogen (secondary N) is 1. The van der Waals surface area contributed by atoms with Gasteiger partial charge in [0, 0.05) is 18.6 Å². The van der Waals surface area contributed by atoms with Crippen molar-refractivity contribution >= 4 is 22.6 Å². The van der Waals surface area contributed by atoms with E-state index in [9.17, 15) is 13.6 Å². The number of carbonyl (C=O) groups is 1. The third-order valence-electron chi connectivity index (χ3n) is 4.54. The quantitative estimate of drug-likeness (QED) is 0.778. The zero-order valence-corrected chi connectivity index (χ0v) is 14.2. The number of fused-ring (bicyclic) bond motifs is 1. The maximum absolute atomic E-state index is 14.4. The minimum atomic E-state index is -1.07. The van der Waals surface area contributed by atoms with Crippen molar-refractivity contribution in [1.82, 2.24) is 14.5 Å². The molecule has 26 heavy (non-hydrogen) atoms. The van der Waals surface area contributed by atoms with Crippen LogP contribution in [0.25, 0.3) is 22.2 Å². The molecule has 1 amide bonds. The van der Waals surface area contributed by atoms with Crippen LogP contribution < -0.4 is 10.1 Å². The number of hydrogen-bond donors (Lipinski definition) is 1.